The second-order valence-electron chi connectivity index (χ2n) is 4.85. The number of aromatic nitrogens is 2. The summed E-state index contributed by atoms with van der Waals surface area (Å²) in [7, 11) is 0. The number of hydrogen-bond donors (Lipinski definition) is 2. The lowest BCUT2D eigenvalue weighted by atomic mass is 10.1. The fourth-order valence-electron chi connectivity index (χ4n) is 1.83. The van der Waals surface area contributed by atoms with Gasteiger partial charge in [-0.05, 0) is 30.5 Å². The van der Waals surface area contributed by atoms with Crippen LogP contribution in [0.4, 0.5) is 10.2 Å². The normalized spacial score (nSPS) is 10.9. The number of aromatic amines is 1. The summed E-state index contributed by atoms with van der Waals surface area (Å²) in [5.41, 5.74) is 2.96. The van der Waals surface area contributed by atoms with E-state index in [0.717, 1.165) is 29.2 Å². The zero-order chi connectivity index (χ0) is 13.1. The van der Waals surface area contributed by atoms with Gasteiger partial charge in [-0.2, -0.15) is 5.10 Å². The maximum Gasteiger partial charge on any atom is 0.155 e. The van der Waals surface area contributed by atoms with E-state index in [0.29, 0.717) is 5.92 Å². The molecule has 2 aromatic rings. The molecule has 96 valence electrons. The van der Waals surface area contributed by atoms with Gasteiger partial charge >= 0.3 is 0 Å². The van der Waals surface area contributed by atoms with Crippen molar-refractivity contribution in [2.45, 2.75) is 20.8 Å². The highest BCUT2D eigenvalue weighted by molar-refractivity contribution is 5.77. The van der Waals surface area contributed by atoms with Gasteiger partial charge in [0.05, 0.1) is 0 Å². The molecule has 0 amide bonds. The van der Waals surface area contributed by atoms with E-state index in [-0.39, 0.29) is 5.82 Å². The molecule has 0 aliphatic carbocycles. The van der Waals surface area contributed by atoms with Crippen molar-refractivity contribution in [3.63, 3.8) is 0 Å². The fourth-order valence-corrected chi connectivity index (χ4v) is 1.83. The van der Waals surface area contributed by atoms with E-state index in [1.807, 2.05) is 6.92 Å². The fraction of sp³-hybridized carbons (Fsp3) is 0.357. The largest absolute Gasteiger partial charge is 0.368 e. The summed E-state index contributed by atoms with van der Waals surface area (Å²) in [5.74, 6) is 1.15. The van der Waals surface area contributed by atoms with Crippen LogP contribution in [-0.4, -0.2) is 16.7 Å². The first-order valence-electron chi connectivity index (χ1n) is 6.12. The lowest BCUT2D eigenvalue weighted by Crippen LogP contribution is -2.08. The molecule has 2 N–H and O–H groups in total. The van der Waals surface area contributed by atoms with E-state index < -0.39 is 0 Å². The van der Waals surface area contributed by atoms with Gasteiger partial charge in [-0.3, -0.25) is 5.10 Å². The molecule has 0 aliphatic rings. The van der Waals surface area contributed by atoms with Crippen LogP contribution >= 0.6 is 0 Å². The Morgan fingerprint density at radius 1 is 1.28 bits per heavy atom. The lowest BCUT2D eigenvalue weighted by molar-refractivity contribution is 0.628. The molecule has 0 radical (unpaired) electrons. The molecule has 0 saturated heterocycles. The maximum atomic E-state index is 12.9. The SMILES string of the molecule is Cc1[nH]nc(NCC(C)C)c1-c1ccc(F)cc1. The third-order valence-electron chi connectivity index (χ3n) is 2.76. The van der Waals surface area contributed by atoms with Crippen LogP contribution in [0.15, 0.2) is 24.3 Å². The molecule has 1 aromatic carbocycles. The van der Waals surface area contributed by atoms with E-state index >= 15 is 0 Å². The maximum absolute atomic E-state index is 12.9. The molecular weight excluding hydrogens is 229 g/mol. The number of nitrogens with one attached hydrogen (secondary N) is 2. The first-order chi connectivity index (χ1) is 8.58. The highest BCUT2D eigenvalue weighted by Crippen LogP contribution is 2.29. The monoisotopic (exact) mass is 247 g/mol. The Morgan fingerprint density at radius 2 is 1.94 bits per heavy atom. The van der Waals surface area contributed by atoms with E-state index in [1.165, 1.54) is 12.1 Å². The molecule has 1 aromatic heterocycles. The molecule has 3 nitrogen and oxygen atoms in total. The molecule has 18 heavy (non-hydrogen) atoms. The number of hydrogen-bond acceptors (Lipinski definition) is 2. The number of rotatable bonds is 4. The molecule has 2 rings (SSSR count). The minimum absolute atomic E-state index is 0.225. The zero-order valence-electron chi connectivity index (χ0n) is 10.9. The van der Waals surface area contributed by atoms with Crippen LogP contribution in [0, 0.1) is 18.7 Å². The van der Waals surface area contributed by atoms with Gasteiger partial charge in [0.15, 0.2) is 5.82 Å². The zero-order valence-corrected chi connectivity index (χ0v) is 10.9. The van der Waals surface area contributed by atoms with Crippen LogP contribution < -0.4 is 5.32 Å². The average molecular weight is 247 g/mol. The predicted molar refractivity (Wildman–Crippen MR) is 72.0 cm³/mol. The van der Waals surface area contributed by atoms with Gasteiger partial charge in [0, 0.05) is 17.8 Å². The topological polar surface area (TPSA) is 40.7 Å². The van der Waals surface area contributed by atoms with Crippen LogP contribution in [-0.2, 0) is 0 Å². The highest BCUT2D eigenvalue weighted by atomic mass is 19.1. The van der Waals surface area contributed by atoms with Crippen molar-refractivity contribution in [1.29, 1.82) is 0 Å². The summed E-state index contributed by atoms with van der Waals surface area (Å²) in [5, 5.41) is 10.5. The van der Waals surface area contributed by atoms with Gasteiger partial charge in [0.2, 0.25) is 0 Å². The second kappa shape index (κ2) is 5.21. The Morgan fingerprint density at radius 3 is 2.56 bits per heavy atom. The molecule has 0 bridgehead atoms. The van der Waals surface area contributed by atoms with Crippen molar-refractivity contribution in [3.8, 4) is 11.1 Å². The lowest BCUT2D eigenvalue weighted by Gasteiger charge is -2.09. The van der Waals surface area contributed by atoms with Gasteiger partial charge in [-0.25, -0.2) is 4.39 Å². The smallest absolute Gasteiger partial charge is 0.155 e. The van der Waals surface area contributed by atoms with E-state index in [2.05, 4.69) is 29.4 Å². The van der Waals surface area contributed by atoms with Crippen LogP contribution in [0.3, 0.4) is 0 Å². The summed E-state index contributed by atoms with van der Waals surface area (Å²) in [6.07, 6.45) is 0. The third kappa shape index (κ3) is 2.70. The Balaban J connectivity index is 2.31. The van der Waals surface area contributed by atoms with Crippen molar-refractivity contribution in [1.82, 2.24) is 10.2 Å². The van der Waals surface area contributed by atoms with Crippen molar-refractivity contribution in [2.24, 2.45) is 5.92 Å². The summed E-state index contributed by atoms with van der Waals surface area (Å²) < 4.78 is 12.9. The molecule has 0 aliphatic heterocycles. The molecule has 1 heterocycles. The van der Waals surface area contributed by atoms with Gasteiger partial charge in [-0.15, -0.1) is 0 Å². The second-order valence-corrected chi connectivity index (χ2v) is 4.85. The Hall–Kier alpha value is -1.84. The number of H-pyrrole nitrogens is 1. The van der Waals surface area contributed by atoms with Crippen molar-refractivity contribution in [3.05, 3.63) is 35.8 Å². The number of aryl methyl sites for hydroxylation is 1. The van der Waals surface area contributed by atoms with E-state index in [9.17, 15) is 4.39 Å². The van der Waals surface area contributed by atoms with Crippen LogP contribution in [0.2, 0.25) is 0 Å². The first kappa shape index (κ1) is 12.6. The number of anilines is 1. The number of halogens is 1. The van der Waals surface area contributed by atoms with E-state index in [1.54, 1.807) is 12.1 Å². The summed E-state index contributed by atoms with van der Waals surface area (Å²) >= 11 is 0. The minimum atomic E-state index is -0.225. The molecule has 4 heteroatoms. The Labute approximate surface area is 106 Å². The van der Waals surface area contributed by atoms with E-state index in [4.69, 9.17) is 0 Å². The summed E-state index contributed by atoms with van der Waals surface area (Å²) in [6, 6.07) is 6.48. The summed E-state index contributed by atoms with van der Waals surface area (Å²) in [4.78, 5) is 0. The average Bonchev–Trinajstić information content (AvgIpc) is 2.69. The standard InChI is InChI=1S/C14H18FN3/c1-9(2)8-16-14-13(10(3)17-18-14)11-4-6-12(15)7-5-11/h4-7,9H,8H2,1-3H3,(H2,16,17,18). The molecule has 0 spiro atoms. The van der Waals surface area contributed by atoms with Crippen molar-refractivity contribution >= 4 is 5.82 Å². The van der Waals surface area contributed by atoms with Gasteiger partial charge in [0.25, 0.3) is 0 Å². The molecule has 0 atom stereocenters. The molecule has 0 saturated carbocycles. The predicted octanol–water partition coefficient (Wildman–Crippen LogP) is 3.59. The number of nitrogens with zero attached hydrogens (tertiary/aromatic N) is 1. The van der Waals surface area contributed by atoms with Crippen LogP contribution in [0.1, 0.15) is 19.5 Å². The summed E-state index contributed by atoms with van der Waals surface area (Å²) in [6.45, 7) is 7.11. The minimum Gasteiger partial charge on any atom is -0.368 e. The van der Waals surface area contributed by atoms with Gasteiger partial charge in [0.1, 0.15) is 5.82 Å². The quantitative estimate of drug-likeness (QED) is 0.866. The first-order valence-corrected chi connectivity index (χ1v) is 6.12. The molecule has 0 fully saturated rings. The van der Waals surface area contributed by atoms with Gasteiger partial charge in [-0.1, -0.05) is 26.0 Å². The Kier molecular flexibility index (Phi) is 3.65. The number of benzene rings is 1. The Bertz CT molecular complexity index is 514. The van der Waals surface area contributed by atoms with Crippen molar-refractivity contribution < 1.29 is 4.39 Å². The molecular formula is C14H18FN3. The van der Waals surface area contributed by atoms with Gasteiger partial charge < -0.3 is 5.32 Å². The molecule has 0 unspecified atom stereocenters. The van der Waals surface area contributed by atoms with Crippen LogP contribution in [0.5, 0.6) is 0 Å². The highest BCUT2D eigenvalue weighted by Gasteiger charge is 2.12. The van der Waals surface area contributed by atoms with Crippen molar-refractivity contribution in [2.75, 3.05) is 11.9 Å². The third-order valence-corrected chi connectivity index (χ3v) is 2.76. The van der Waals surface area contributed by atoms with Crippen LogP contribution in [0.25, 0.3) is 11.1 Å².